The van der Waals surface area contributed by atoms with Crippen LogP contribution in [0.4, 0.5) is 5.69 Å². The highest BCUT2D eigenvalue weighted by molar-refractivity contribution is 8.24. The fourth-order valence-corrected chi connectivity index (χ4v) is 7.66. The predicted molar refractivity (Wildman–Crippen MR) is 80.0 cm³/mol. The molecule has 2 aliphatic rings. The quantitative estimate of drug-likeness (QED) is 0.742. The van der Waals surface area contributed by atoms with E-state index in [9.17, 15) is 8.42 Å². The van der Waals surface area contributed by atoms with Crippen LogP contribution in [-0.2, 0) is 9.84 Å². The maximum Gasteiger partial charge on any atom is 0.153 e. The third kappa shape index (κ3) is 1.78. The first-order chi connectivity index (χ1) is 8.42. The Hall–Kier alpha value is -0.590. The summed E-state index contributed by atoms with van der Waals surface area (Å²) < 4.78 is 24.5. The Balaban J connectivity index is 2.07. The normalized spacial score (nSPS) is 33.7. The molecule has 96 valence electrons. The van der Waals surface area contributed by atoms with E-state index in [-0.39, 0.29) is 16.8 Å². The molecule has 2 saturated heterocycles. The van der Waals surface area contributed by atoms with Crippen LogP contribution in [-0.4, -0.2) is 35.0 Å². The van der Waals surface area contributed by atoms with Crippen molar-refractivity contribution in [1.82, 2.24) is 0 Å². The fraction of sp³-hybridized carbons (Fsp3) is 0.417. The van der Waals surface area contributed by atoms with Gasteiger partial charge in [-0.15, -0.1) is 0 Å². The highest BCUT2D eigenvalue weighted by atomic mass is 32.2. The summed E-state index contributed by atoms with van der Waals surface area (Å²) in [6.45, 7) is 2.00. The molecule has 0 spiro atoms. The number of rotatable bonds is 1. The molecule has 18 heavy (non-hydrogen) atoms. The van der Waals surface area contributed by atoms with Gasteiger partial charge in [0.25, 0.3) is 0 Å². The molecule has 1 aromatic rings. The van der Waals surface area contributed by atoms with Crippen LogP contribution >= 0.6 is 24.0 Å². The van der Waals surface area contributed by atoms with Crippen molar-refractivity contribution in [1.29, 1.82) is 0 Å². The molecule has 2 aliphatic heterocycles. The molecular formula is C12H13NO2S3. The number of para-hydroxylation sites is 1. The molecule has 6 heteroatoms. The molecule has 3 nitrogen and oxygen atoms in total. The summed E-state index contributed by atoms with van der Waals surface area (Å²) >= 11 is 6.94. The second-order valence-corrected chi connectivity index (χ2v) is 8.90. The van der Waals surface area contributed by atoms with Crippen molar-refractivity contribution in [2.75, 3.05) is 16.4 Å². The lowest BCUT2D eigenvalue weighted by atomic mass is 9.99. The summed E-state index contributed by atoms with van der Waals surface area (Å²) in [5.74, 6) is 0.421. The monoisotopic (exact) mass is 299 g/mol. The summed E-state index contributed by atoms with van der Waals surface area (Å²) in [7, 11) is -2.95. The SMILES string of the molecule is C[C@]12CS(=O)(=O)C[C@H]1SC(=S)N2c1ccccc1. The second kappa shape index (κ2) is 3.95. The van der Waals surface area contributed by atoms with Crippen LogP contribution in [0, 0.1) is 0 Å². The Morgan fingerprint density at radius 3 is 2.72 bits per heavy atom. The number of thioether (sulfide) groups is 1. The molecule has 0 aromatic heterocycles. The molecule has 0 bridgehead atoms. The van der Waals surface area contributed by atoms with Gasteiger partial charge in [-0.05, 0) is 19.1 Å². The van der Waals surface area contributed by atoms with Gasteiger partial charge in [-0.3, -0.25) is 0 Å². The van der Waals surface area contributed by atoms with E-state index in [1.807, 2.05) is 42.2 Å². The summed E-state index contributed by atoms with van der Waals surface area (Å²) in [6.07, 6.45) is 0. The van der Waals surface area contributed by atoms with Gasteiger partial charge in [-0.2, -0.15) is 0 Å². The Kier molecular flexibility index (Phi) is 2.73. The van der Waals surface area contributed by atoms with Crippen molar-refractivity contribution >= 4 is 43.8 Å². The van der Waals surface area contributed by atoms with Crippen LogP contribution in [0.25, 0.3) is 0 Å². The van der Waals surface area contributed by atoms with Crippen LogP contribution in [0.2, 0.25) is 0 Å². The largest absolute Gasteiger partial charge is 0.319 e. The van der Waals surface area contributed by atoms with Crippen molar-refractivity contribution in [2.24, 2.45) is 0 Å². The number of benzene rings is 1. The lowest BCUT2D eigenvalue weighted by molar-refractivity contribution is 0.550. The molecular weight excluding hydrogens is 286 g/mol. The topological polar surface area (TPSA) is 37.4 Å². The van der Waals surface area contributed by atoms with Gasteiger partial charge in [-0.25, -0.2) is 8.42 Å². The minimum Gasteiger partial charge on any atom is -0.319 e. The first-order valence-electron chi connectivity index (χ1n) is 5.69. The number of hydrogen-bond acceptors (Lipinski definition) is 4. The molecule has 0 N–H and O–H groups in total. The zero-order valence-electron chi connectivity index (χ0n) is 9.87. The van der Waals surface area contributed by atoms with Crippen molar-refractivity contribution in [2.45, 2.75) is 17.7 Å². The Morgan fingerprint density at radius 2 is 2.06 bits per heavy atom. The molecule has 3 rings (SSSR count). The highest BCUT2D eigenvalue weighted by Gasteiger charge is 2.57. The van der Waals surface area contributed by atoms with Gasteiger partial charge in [0.05, 0.1) is 22.3 Å². The van der Waals surface area contributed by atoms with Crippen LogP contribution in [0.15, 0.2) is 30.3 Å². The van der Waals surface area contributed by atoms with Crippen molar-refractivity contribution in [3.8, 4) is 0 Å². The van der Waals surface area contributed by atoms with Crippen LogP contribution < -0.4 is 4.90 Å². The van der Waals surface area contributed by atoms with Gasteiger partial charge in [0, 0.05) is 5.69 Å². The first kappa shape index (κ1) is 12.4. The molecule has 1 aromatic carbocycles. The zero-order chi connectivity index (χ0) is 13.0. The standard InChI is InChI=1S/C12H13NO2S3/c1-12-8-18(14,15)7-10(12)17-11(16)13(12)9-5-3-2-4-6-9/h2-6,10H,7-8H2,1H3/t10-,12+/m1/s1. The highest BCUT2D eigenvalue weighted by Crippen LogP contribution is 2.47. The number of fused-ring (bicyclic) bond motifs is 1. The summed E-state index contributed by atoms with van der Waals surface area (Å²) in [4.78, 5) is 2.02. The first-order valence-corrected chi connectivity index (χ1v) is 8.80. The number of nitrogens with zero attached hydrogens (tertiary/aromatic N) is 1. The van der Waals surface area contributed by atoms with E-state index >= 15 is 0 Å². The molecule has 2 atom stereocenters. The summed E-state index contributed by atoms with van der Waals surface area (Å²) in [5, 5.41) is 0.0511. The third-order valence-electron chi connectivity index (χ3n) is 3.56. The van der Waals surface area contributed by atoms with Crippen LogP contribution in [0.3, 0.4) is 0 Å². The van der Waals surface area contributed by atoms with E-state index in [4.69, 9.17) is 12.2 Å². The minimum atomic E-state index is -2.95. The molecule has 0 aliphatic carbocycles. The maximum atomic E-state index is 11.8. The average molecular weight is 299 g/mol. The van der Waals surface area contributed by atoms with Gasteiger partial charge >= 0.3 is 0 Å². The molecule has 0 amide bonds. The van der Waals surface area contributed by atoms with Gasteiger partial charge < -0.3 is 4.90 Å². The average Bonchev–Trinajstić information content (AvgIpc) is 2.62. The third-order valence-corrected chi connectivity index (χ3v) is 7.45. The van der Waals surface area contributed by atoms with Crippen LogP contribution in [0.1, 0.15) is 6.92 Å². The number of sulfone groups is 1. The predicted octanol–water partition coefficient (Wildman–Crippen LogP) is 2.08. The van der Waals surface area contributed by atoms with Gasteiger partial charge in [-0.1, -0.05) is 42.2 Å². The molecule has 0 radical (unpaired) electrons. The van der Waals surface area contributed by atoms with Crippen LogP contribution in [0.5, 0.6) is 0 Å². The Morgan fingerprint density at radius 1 is 1.39 bits per heavy atom. The fourth-order valence-electron chi connectivity index (χ4n) is 2.74. The summed E-state index contributed by atoms with van der Waals surface area (Å²) in [5.41, 5.74) is 0.583. The number of hydrogen-bond donors (Lipinski definition) is 0. The Bertz CT molecular complexity index is 599. The van der Waals surface area contributed by atoms with E-state index in [0.717, 1.165) is 10.0 Å². The van der Waals surface area contributed by atoms with E-state index in [0.29, 0.717) is 0 Å². The van der Waals surface area contributed by atoms with Crippen molar-refractivity contribution in [3.63, 3.8) is 0 Å². The number of thiocarbonyl (C=S) groups is 1. The van der Waals surface area contributed by atoms with Gasteiger partial charge in [0.15, 0.2) is 9.84 Å². The molecule has 2 fully saturated rings. The molecule has 0 saturated carbocycles. The van der Waals surface area contributed by atoms with Gasteiger partial charge in [0.1, 0.15) is 4.32 Å². The van der Waals surface area contributed by atoms with Crippen molar-refractivity contribution < 1.29 is 8.42 Å². The van der Waals surface area contributed by atoms with Crippen molar-refractivity contribution in [3.05, 3.63) is 30.3 Å². The Labute approximate surface area is 116 Å². The zero-order valence-corrected chi connectivity index (χ0v) is 12.3. The molecule has 0 unspecified atom stereocenters. The second-order valence-electron chi connectivity index (χ2n) is 4.96. The van der Waals surface area contributed by atoms with E-state index in [1.54, 1.807) is 0 Å². The lowest BCUT2D eigenvalue weighted by Crippen LogP contribution is -2.49. The van der Waals surface area contributed by atoms with E-state index < -0.39 is 15.4 Å². The van der Waals surface area contributed by atoms with Gasteiger partial charge in [0.2, 0.25) is 0 Å². The molecule has 2 heterocycles. The number of anilines is 1. The maximum absolute atomic E-state index is 11.8. The van der Waals surface area contributed by atoms with E-state index in [2.05, 4.69) is 0 Å². The minimum absolute atomic E-state index is 0.0511. The summed E-state index contributed by atoms with van der Waals surface area (Å²) in [6, 6.07) is 9.79. The smallest absolute Gasteiger partial charge is 0.153 e. The lowest BCUT2D eigenvalue weighted by Gasteiger charge is -2.34. The van der Waals surface area contributed by atoms with E-state index in [1.165, 1.54) is 11.8 Å².